The second kappa shape index (κ2) is 6.08. The summed E-state index contributed by atoms with van der Waals surface area (Å²) < 4.78 is 14.0. The van der Waals surface area contributed by atoms with Crippen LogP contribution in [0, 0.1) is 12.7 Å². The van der Waals surface area contributed by atoms with Gasteiger partial charge in [-0.15, -0.1) is 0 Å². The van der Waals surface area contributed by atoms with Crippen LogP contribution < -0.4 is 0 Å². The Morgan fingerprint density at radius 3 is 2.73 bits per heavy atom. The predicted molar refractivity (Wildman–Crippen MR) is 82.6 cm³/mol. The molecular weight excluding hydrogens is 305 g/mol. The molecule has 1 aromatic carbocycles. The van der Waals surface area contributed by atoms with Crippen molar-refractivity contribution in [1.29, 1.82) is 0 Å². The maximum atomic E-state index is 14.0. The molecule has 0 atom stereocenters. The number of likely N-dealkylation sites (tertiary alicyclic amines) is 1. The van der Waals surface area contributed by atoms with Crippen molar-refractivity contribution in [3.63, 3.8) is 0 Å². The lowest BCUT2D eigenvalue weighted by molar-refractivity contribution is 0.0707. The van der Waals surface area contributed by atoms with Crippen molar-refractivity contribution in [1.82, 2.24) is 15.1 Å². The first-order chi connectivity index (χ1) is 10.6. The number of aromatic nitrogens is 2. The lowest BCUT2D eigenvalue weighted by Gasteiger charge is -2.32. The van der Waals surface area contributed by atoms with E-state index in [9.17, 15) is 9.18 Å². The van der Waals surface area contributed by atoms with Gasteiger partial charge >= 0.3 is 0 Å². The fourth-order valence-electron chi connectivity index (χ4n) is 2.90. The van der Waals surface area contributed by atoms with E-state index in [-0.39, 0.29) is 16.5 Å². The van der Waals surface area contributed by atoms with Crippen LogP contribution in [0.1, 0.15) is 40.4 Å². The molecule has 0 radical (unpaired) electrons. The first kappa shape index (κ1) is 15.0. The molecule has 22 heavy (non-hydrogen) atoms. The van der Waals surface area contributed by atoms with Crippen LogP contribution in [0.2, 0.25) is 5.02 Å². The highest BCUT2D eigenvalue weighted by Crippen LogP contribution is 2.29. The normalized spacial score (nSPS) is 16.0. The van der Waals surface area contributed by atoms with Crippen molar-refractivity contribution in [2.75, 3.05) is 13.1 Å². The maximum Gasteiger partial charge on any atom is 0.258 e. The van der Waals surface area contributed by atoms with E-state index in [1.807, 2.05) is 6.07 Å². The maximum absolute atomic E-state index is 14.0. The number of halogens is 2. The van der Waals surface area contributed by atoms with Crippen LogP contribution in [0.4, 0.5) is 4.39 Å². The summed E-state index contributed by atoms with van der Waals surface area (Å²) in [4.78, 5) is 14.2. The number of amides is 1. The Balaban J connectivity index is 1.74. The number of rotatable bonds is 2. The largest absolute Gasteiger partial charge is 0.338 e. The summed E-state index contributed by atoms with van der Waals surface area (Å²) >= 11 is 6.12. The van der Waals surface area contributed by atoms with Crippen LogP contribution >= 0.6 is 11.6 Å². The van der Waals surface area contributed by atoms with E-state index in [4.69, 9.17) is 11.6 Å². The van der Waals surface area contributed by atoms with E-state index in [0.717, 1.165) is 18.5 Å². The minimum atomic E-state index is -0.559. The highest BCUT2D eigenvalue weighted by Gasteiger charge is 2.28. The molecule has 116 valence electrons. The van der Waals surface area contributed by atoms with Gasteiger partial charge in [-0.25, -0.2) is 4.39 Å². The molecule has 1 aliphatic heterocycles. The van der Waals surface area contributed by atoms with Crippen molar-refractivity contribution in [3.8, 4) is 0 Å². The molecule has 1 aliphatic rings. The lowest BCUT2D eigenvalue weighted by atomic mass is 9.93. The quantitative estimate of drug-likeness (QED) is 0.920. The minimum absolute atomic E-state index is 0.0124. The summed E-state index contributed by atoms with van der Waals surface area (Å²) in [6.45, 7) is 2.95. The Labute approximate surface area is 133 Å². The number of nitrogens with zero attached hydrogens (tertiary/aromatic N) is 2. The molecule has 2 heterocycles. The summed E-state index contributed by atoms with van der Waals surface area (Å²) in [6, 6.07) is 4.84. The molecule has 0 aliphatic carbocycles. The van der Waals surface area contributed by atoms with Gasteiger partial charge in [0.15, 0.2) is 0 Å². The smallest absolute Gasteiger partial charge is 0.258 e. The van der Waals surface area contributed by atoms with Gasteiger partial charge in [-0.1, -0.05) is 17.7 Å². The van der Waals surface area contributed by atoms with Crippen LogP contribution in [0.15, 0.2) is 24.4 Å². The molecule has 0 bridgehead atoms. The minimum Gasteiger partial charge on any atom is -0.338 e. The van der Waals surface area contributed by atoms with Gasteiger partial charge in [0.2, 0.25) is 0 Å². The van der Waals surface area contributed by atoms with Crippen LogP contribution in [-0.4, -0.2) is 34.1 Å². The third-order valence-corrected chi connectivity index (χ3v) is 4.73. The van der Waals surface area contributed by atoms with Crippen molar-refractivity contribution < 1.29 is 9.18 Å². The van der Waals surface area contributed by atoms with Gasteiger partial charge in [-0.2, -0.15) is 5.10 Å². The second-order valence-corrected chi connectivity index (χ2v) is 6.01. The van der Waals surface area contributed by atoms with E-state index < -0.39 is 5.82 Å². The third-order valence-electron chi connectivity index (χ3n) is 4.24. The first-order valence-corrected chi connectivity index (χ1v) is 7.69. The fraction of sp³-hybridized carbons (Fsp3) is 0.375. The monoisotopic (exact) mass is 321 g/mol. The molecule has 0 unspecified atom stereocenters. The number of aromatic amines is 1. The second-order valence-electron chi connectivity index (χ2n) is 5.63. The van der Waals surface area contributed by atoms with Gasteiger partial charge in [0.25, 0.3) is 5.91 Å². The van der Waals surface area contributed by atoms with Crippen LogP contribution in [0.5, 0.6) is 0 Å². The third kappa shape index (κ3) is 2.73. The van der Waals surface area contributed by atoms with Gasteiger partial charge in [-0.05, 0) is 37.5 Å². The molecule has 1 saturated heterocycles. The van der Waals surface area contributed by atoms with Gasteiger partial charge in [-0.3, -0.25) is 9.89 Å². The number of carbonyl (C=O) groups excluding carboxylic acids is 1. The number of hydrogen-bond donors (Lipinski definition) is 1. The summed E-state index contributed by atoms with van der Waals surface area (Å²) in [5.41, 5.74) is 1.78. The molecule has 1 N–H and O–H groups in total. The summed E-state index contributed by atoms with van der Waals surface area (Å²) in [5.74, 6) is -0.519. The molecule has 2 aromatic rings. The zero-order valence-electron chi connectivity index (χ0n) is 12.3. The molecule has 1 amide bonds. The van der Waals surface area contributed by atoms with E-state index in [1.165, 1.54) is 6.07 Å². The average Bonchev–Trinajstić information content (AvgIpc) is 3.06. The molecule has 3 rings (SSSR count). The van der Waals surface area contributed by atoms with Gasteiger partial charge in [0.05, 0.1) is 10.6 Å². The predicted octanol–water partition coefficient (Wildman–Crippen LogP) is 3.53. The zero-order valence-corrected chi connectivity index (χ0v) is 13.0. The van der Waals surface area contributed by atoms with E-state index in [2.05, 4.69) is 10.2 Å². The van der Waals surface area contributed by atoms with Crippen molar-refractivity contribution in [2.24, 2.45) is 0 Å². The number of carbonyl (C=O) groups is 1. The number of H-pyrrole nitrogens is 1. The topological polar surface area (TPSA) is 49.0 Å². The Hall–Kier alpha value is -1.88. The Kier molecular flexibility index (Phi) is 4.16. The van der Waals surface area contributed by atoms with E-state index >= 15 is 0 Å². The number of benzene rings is 1. The standard InChI is InChI=1S/C16H17ClFN3O/c1-10-2-3-12(18)14(15(10)17)16(22)21-8-5-11(6-9-21)13-4-7-19-20-13/h2-4,7,11H,5-6,8-9H2,1H3,(H,19,20). The number of nitrogens with one attached hydrogen (secondary N) is 1. The lowest BCUT2D eigenvalue weighted by Crippen LogP contribution is -2.38. The highest BCUT2D eigenvalue weighted by atomic mass is 35.5. The summed E-state index contributed by atoms with van der Waals surface area (Å²) in [6.07, 6.45) is 3.40. The molecule has 0 saturated carbocycles. The van der Waals surface area contributed by atoms with Crippen LogP contribution in [0.3, 0.4) is 0 Å². The molecule has 1 fully saturated rings. The summed E-state index contributed by atoms with van der Waals surface area (Å²) in [5, 5.41) is 7.14. The Morgan fingerprint density at radius 1 is 1.36 bits per heavy atom. The SMILES string of the molecule is Cc1ccc(F)c(C(=O)N2CCC(c3ccn[nH]3)CC2)c1Cl. The number of aryl methyl sites for hydroxylation is 1. The summed E-state index contributed by atoms with van der Waals surface area (Å²) in [7, 11) is 0. The van der Waals surface area contributed by atoms with Gasteiger partial charge < -0.3 is 4.90 Å². The van der Waals surface area contributed by atoms with E-state index in [1.54, 1.807) is 24.1 Å². The van der Waals surface area contributed by atoms with Gasteiger partial charge in [0, 0.05) is 30.9 Å². The van der Waals surface area contributed by atoms with Crippen molar-refractivity contribution >= 4 is 17.5 Å². The molecule has 6 heteroatoms. The Bertz CT molecular complexity index is 679. The molecule has 4 nitrogen and oxygen atoms in total. The number of piperidine rings is 1. The fourth-order valence-corrected chi connectivity index (χ4v) is 3.13. The highest BCUT2D eigenvalue weighted by molar-refractivity contribution is 6.34. The average molecular weight is 322 g/mol. The molecule has 0 spiro atoms. The van der Waals surface area contributed by atoms with Crippen LogP contribution in [-0.2, 0) is 0 Å². The first-order valence-electron chi connectivity index (χ1n) is 7.31. The Morgan fingerprint density at radius 2 is 2.09 bits per heavy atom. The van der Waals surface area contributed by atoms with Crippen molar-refractivity contribution in [3.05, 3.63) is 52.1 Å². The number of hydrogen-bond acceptors (Lipinski definition) is 2. The van der Waals surface area contributed by atoms with Gasteiger partial charge in [0.1, 0.15) is 5.82 Å². The van der Waals surface area contributed by atoms with Crippen molar-refractivity contribution in [2.45, 2.75) is 25.7 Å². The molecular formula is C16H17ClFN3O. The molecule has 1 aromatic heterocycles. The van der Waals surface area contributed by atoms with Crippen LogP contribution in [0.25, 0.3) is 0 Å². The zero-order chi connectivity index (χ0) is 15.7. The van der Waals surface area contributed by atoms with E-state index in [0.29, 0.717) is 24.6 Å².